The van der Waals surface area contributed by atoms with Crippen LogP contribution in [0.25, 0.3) is 0 Å². The molecule has 0 saturated carbocycles. The molecular weight excluding hydrogens is 264 g/mol. The molecule has 0 aliphatic heterocycles. The van der Waals surface area contributed by atoms with Crippen LogP contribution >= 0.6 is 0 Å². The predicted molar refractivity (Wildman–Crippen MR) is 70.4 cm³/mol. The fourth-order valence-corrected chi connectivity index (χ4v) is 1.39. The molecule has 1 aromatic carbocycles. The van der Waals surface area contributed by atoms with Crippen molar-refractivity contribution in [3.63, 3.8) is 0 Å². The van der Waals surface area contributed by atoms with Gasteiger partial charge in [-0.05, 0) is 31.5 Å². The van der Waals surface area contributed by atoms with Crippen LogP contribution in [0.3, 0.4) is 0 Å². The van der Waals surface area contributed by atoms with Gasteiger partial charge in [0.05, 0.1) is 13.7 Å². The van der Waals surface area contributed by atoms with Crippen LogP contribution < -0.4 is 4.74 Å². The molecule has 0 aliphatic rings. The van der Waals surface area contributed by atoms with E-state index in [0.717, 1.165) is 5.56 Å². The molecule has 0 unspecified atom stereocenters. The average molecular weight is 282 g/mol. The zero-order valence-electron chi connectivity index (χ0n) is 11.8. The maximum absolute atomic E-state index is 11.4. The van der Waals surface area contributed by atoms with Gasteiger partial charge >= 0.3 is 12.1 Å². The lowest BCUT2D eigenvalue weighted by atomic mass is 10.2. The third-order valence-electron chi connectivity index (χ3n) is 2.38. The molecule has 0 saturated heterocycles. The van der Waals surface area contributed by atoms with Crippen molar-refractivity contribution in [2.45, 2.75) is 26.6 Å². The summed E-state index contributed by atoms with van der Waals surface area (Å²) in [6.45, 7) is 3.35. The summed E-state index contributed by atoms with van der Waals surface area (Å²) in [6, 6.07) is 7.08. The number of benzene rings is 1. The Morgan fingerprint density at radius 2 is 2.00 bits per heavy atom. The highest BCUT2D eigenvalue weighted by Crippen LogP contribution is 2.13. The van der Waals surface area contributed by atoms with Crippen molar-refractivity contribution in [1.82, 2.24) is 0 Å². The third-order valence-corrected chi connectivity index (χ3v) is 2.38. The summed E-state index contributed by atoms with van der Waals surface area (Å²) in [5.74, 6) is 0.0604. The fraction of sp³-hybridized carbons (Fsp3) is 0.429. The zero-order valence-corrected chi connectivity index (χ0v) is 11.8. The van der Waals surface area contributed by atoms with Crippen molar-refractivity contribution < 1.29 is 28.5 Å². The highest BCUT2D eigenvalue weighted by atomic mass is 16.7. The van der Waals surface area contributed by atoms with Crippen molar-refractivity contribution in [1.29, 1.82) is 0 Å². The summed E-state index contributed by atoms with van der Waals surface area (Å²) < 4.78 is 19.4. The molecule has 0 fully saturated rings. The molecule has 0 radical (unpaired) electrons. The SMILES string of the molecule is CCOC(=O)[C@H](C)OC(=O)OCc1cccc(OC)c1. The lowest BCUT2D eigenvalue weighted by Crippen LogP contribution is -2.26. The monoisotopic (exact) mass is 282 g/mol. The molecule has 20 heavy (non-hydrogen) atoms. The highest BCUT2D eigenvalue weighted by Gasteiger charge is 2.19. The average Bonchev–Trinajstić information content (AvgIpc) is 2.45. The van der Waals surface area contributed by atoms with Gasteiger partial charge in [-0.25, -0.2) is 9.59 Å². The summed E-state index contributed by atoms with van der Waals surface area (Å²) in [5, 5.41) is 0. The van der Waals surface area contributed by atoms with Crippen LogP contribution in [0.1, 0.15) is 19.4 Å². The summed E-state index contributed by atoms with van der Waals surface area (Å²) in [4.78, 5) is 22.7. The van der Waals surface area contributed by atoms with E-state index in [1.54, 1.807) is 38.3 Å². The van der Waals surface area contributed by atoms with Gasteiger partial charge in [-0.1, -0.05) is 12.1 Å². The number of hydrogen-bond acceptors (Lipinski definition) is 6. The Labute approximate surface area is 117 Å². The van der Waals surface area contributed by atoms with Gasteiger partial charge in [0.25, 0.3) is 0 Å². The number of hydrogen-bond donors (Lipinski definition) is 0. The van der Waals surface area contributed by atoms with Crippen LogP contribution in [-0.2, 0) is 25.6 Å². The minimum atomic E-state index is -0.993. The summed E-state index contributed by atoms with van der Waals surface area (Å²) in [7, 11) is 1.55. The Morgan fingerprint density at radius 3 is 2.65 bits per heavy atom. The molecule has 6 heteroatoms. The van der Waals surface area contributed by atoms with E-state index in [4.69, 9.17) is 18.9 Å². The smallest absolute Gasteiger partial charge is 0.497 e. The minimum absolute atomic E-state index is 0.0333. The molecule has 1 aromatic rings. The van der Waals surface area contributed by atoms with Crippen LogP contribution in [0.15, 0.2) is 24.3 Å². The van der Waals surface area contributed by atoms with Crippen LogP contribution in [0.2, 0.25) is 0 Å². The normalized spacial score (nSPS) is 11.3. The Kier molecular flexibility index (Phi) is 6.36. The Balaban J connectivity index is 2.41. The molecule has 0 amide bonds. The fourth-order valence-electron chi connectivity index (χ4n) is 1.39. The molecule has 1 atom stereocenters. The minimum Gasteiger partial charge on any atom is -0.497 e. The van der Waals surface area contributed by atoms with Gasteiger partial charge in [-0.2, -0.15) is 0 Å². The van der Waals surface area contributed by atoms with Gasteiger partial charge in [0.1, 0.15) is 12.4 Å². The highest BCUT2D eigenvalue weighted by molar-refractivity contribution is 5.76. The molecule has 0 heterocycles. The number of methoxy groups -OCH3 is 1. The largest absolute Gasteiger partial charge is 0.509 e. The first-order chi connectivity index (χ1) is 9.56. The molecule has 0 aromatic heterocycles. The predicted octanol–water partition coefficient (Wildman–Crippen LogP) is 2.30. The topological polar surface area (TPSA) is 71.1 Å². The Bertz CT molecular complexity index is 457. The van der Waals surface area contributed by atoms with E-state index in [-0.39, 0.29) is 13.2 Å². The molecule has 0 aliphatic carbocycles. The molecule has 1 rings (SSSR count). The van der Waals surface area contributed by atoms with Gasteiger partial charge in [0.2, 0.25) is 0 Å². The van der Waals surface area contributed by atoms with E-state index in [1.165, 1.54) is 6.92 Å². The first-order valence-corrected chi connectivity index (χ1v) is 6.19. The van der Waals surface area contributed by atoms with Gasteiger partial charge < -0.3 is 18.9 Å². The second-order valence-corrected chi connectivity index (χ2v) is 3.90. The molecule has 0 spiro atoms. The van der Waals surface area contributed by atoms with Gasteiger partial charge in [-0.15, -0.1) is 0 Å². The van der Waals surface area contributed by atoms with E-state index in [2.05, 4.69) is 0 Å². The van der Waals surface area contributed by atoms with E-state index in [0.29, 0.717) is 5.75 Å². The standard InChI is InChI=1S/C14H18O6/c1-4-18-13(15)10(2)20-14(16)19-9-11-6-5-7-12(8-11)17-3/h5-8,10H,4,9H2,1-3H3/t10-/m0/s1. The van der Waals surface area contributed by atoms with Crippen LogP contribution in [-0.4, -0.2) is 31.9 Å². The molecule has 110 valence electrons. The van der Waals surface area contributed by atoms with Crippen LogP contribution in [0, 0.1) is 0 Å². The first-order valence-electron chi connectivity index (χ1n) is 6.19. The molecule has 0 bridgehead atoms. The van der Waals surface area contributed by atoms with Crippen LogP contribution in [0.5, 0.6) is 5.75 Å². The number of carbonyl (C=O) groups is 2. The number of carbonyl (C=O) groups excluding carboxylic acids is 2. The summed E-state index contributed by atoms with van der Waals surface area (Å²) in [6.07, 6.45) is -1.92. The van der Waals surface area contributed by atoms with Crippen molar-refractivity contribution in [2.75, 3.05) is 13.7 Å². The number of ether oxygens (including phenoxy) is 4. The lowest BCUT2D eigenvalue weighted by molar-refractivity contribution is -0.153. The third kappa shape index (κ3) is 5.17. The number of rotatable bonds is 6. The van der Waals surface area contributed by atoms with Crippen molar-refractivity contribution >= 4 is 12.1 Å². The summed E-state index contributed by atoms with van der Waals surface area (Å²) >= 11 is 0. The van der Waals surface area contributed by atoms with Gasteiger partial charge in [0.15, 0.2) is 6.10 Å². The Hall–Kier alpha value is -2.24. The molecular formula is C14H18O6. The maximum Gasteiger partial charge on any atom is 0.509 e. The van der Waals surface area contributed by atoms with Crippen molar-refractivity contribution in [2.24, 2.45) is 0 Å². The van der Waals surface area contributed by atoms with E-state index in [1.807, 2.05) is 0 Å². The number of esters is 1. The van der Waals surface area contributed by atoms with Gasteiger partial charge in [-0.3, -0.25) is 0 Å². The van der Waals surface area contributed by atoms with Crippen molar-refractivity contribution in [3.8, 4) is 5.75 Å². The molecule has 6 nitrogen and oxygen atoms in total. The second-order valence-electron chi connectivity index (χ2n) is 3.90. The first kappa shape index (κ1) is 15.8. The van der Waals surface area contributed by atoms with Crippen LogP contribution in [0.4, 0.5) is 4.79 Å². The van der Waals surface area contributed by atoms with Crippen molar-refractivity contribution in [3.05, 3.63) is 29.8 Å². The van der Waals surface area contributed by atoms with E-state index in [9.17, 15) is 9.59 Å². The second kappa shape index (κ2) is 8.04. The zero-order chi connectivity index (χ0) is 15.0. The van der Waals surface area contributed by atoms with E-state index < -0.39 is 18.2 Å². The van der Waals surface area contributed by atoms with E-state index >= 15 is 0 Å². The van der Waals surface area contributed by atoms with Gasteiger partial charge in [0, 0.05) is 0 Å². The summed E-state index contributed by atoms with van der Waals surface area (Å²) in [5.41, 5.74) is 0.755. The molecule has 0 N–H and O–H groups in total. The quantitative estimate of drug-likeness (QED) is 0.745. The lowest BCUT2D eigenvalue weighted by Gasteiger charge is -2.12. The maximum atomic E-state index is 11.4. The Morgan fingerprint density at radius 1 is 1.25 bits per heavy atom.